The Morgan fingerprint density at radius 3 is 2.86 bits per heavy atom. The van der Waals surface area contributed by atoms with Crippen molar-refractivity contribution in [1.82, 2.24) is 19.6 Å². The van der Waals surface area contributed by atoms with Gasteiger partial charge in [-0.2, -0.15) is 0 Å². The number of hydrogen-bond acceptors (Lipinski definition) is 4. The second-order valence-corrected chi connectivity index (χ2v) is 7.19. The second kappa shape index (κ2) is 6.46. The zero-order valence-electron chi connectivity index (χ0n) is 13.4. The van der Waals surface area contributed by atoms with Gasteiger partial charge in [0.25, 0.3) is 0 Å². The average Bonchev–Trinajstić information content (AvgIpc) is 2.97. The molecule has 0 bridgehead atoms. The molecule has 0 atom stereocenters. The smallest absolute Gasteiger partial charge is 0.194 e. The Balaban J connectivity index is 1.50. The molecule has 21 heavy (non-hydrogen) atoms. The lowest BCUT2D eigenvalue weighted by Gasteiger charge is -2.28. The van der Waals surface area contributed by atoms with Crippen molar-refractivity contribution in [3.05, 3.63) is 22.5 Å². The van der Waals surface area contributed by atoms with E-state index in [-0.39, 0.29) is 0 Å². The van der Waals surface area contributed by atoms with Gasteiger partial charge in [0.05, 0.1) is 11.4 Å². The highest BCUT2D eigenvalue weighted by Crippen LogP contribution is 2.21. The van der Waals surface area contributed by atoms with Gasteiger partial charge in [0.1, 0.15) is 0 Å². The number of nitrogens with one attached hydrogen (secondary N) is 1. The van der Waals surface area contributed by atoms with Crippen LogP contribution in [0.3, 0.4) is 0 Å². The molecule has 1 aliphatic heterocycles. The Morgan fingerprint density at radius 2 is 2.10 bits per heavy atom. The Kier molecular flexibility index (Phi) is 4.62. The summed E-state index contributed by atoms with van der Waals surface area (Å²) in [5, 5.41) is 5.81. The summed E-state index contributed by atoms with van der Waals surface area (Å²) >= 11 is 1.73. The number of hydrogen-bond donors (Lipinski definition) is 1. The molecule has 2 aromatic heterocycles. The van der Waals surface area contributed by atoms with Gasteiger partial charge in [-0.3, -0.25) is 4.40 Å². The van der Waals surface area contributed by atoms with Crippen molar-refractivity contribution >= 4 is 16.3 Å². The van der Waals surface area contributed by atoms with Gasteiger partial charge in [-0.05, 0) is 65.7 Å². The van der Waals surface area contributed by atoms with Crippen molar-refractivity contribution in [3.63, 3.8) is 0 Å². The van der Waals surface area contributed by atoms with E-state index in [2.05, 4.69) is 45.9 Å². The first-order valence-corrected chi connectivity index (χ1v) is 8.84. The number of piperidine rings is 1. The Labute approximate surface area is 131 Å². The third kappa shape index (κ3) is 3.30. The quantitative estimate of drug-likeness (QED) is 0.862. The summed E-state index contributed by atoms with van der Waals surface area (Å²) in [6.07, 6.45) is 4.02. The van der Waals surface area contributed by atoms with E-state index in [1.54, 1.807) is 11.3 Å². The van der Waals surface area contributed by atoms with Crippen molar-refractivity contribution in [2.24, 2.45) is 5.92 Å². The predicted octanol–water partition coefficient (Wildman–Crippen LogP) is 2.83. The molecule has 0 amide bonds. The minimum absolute atomic E-state index is 0.906. The monoisotopic (exact) mass is 306 g/mol. The van der Waals surface area contributed by atoms with Gasteiger partial charge >= 0.3 is 0 Å². The van der Waals surface area contributed by atoms with Crippen molar-refractivity contribution < 1.29 is 0 Å². The van der Waals surface area contributed by atoms with Gasteiger partial charge in [0, 0.05) is 17.6 Å². The van der Waals surface area contributed by atoms with Crippen LogP contribution < -0.4 is 5.32 Å². The number of fused-ring (bicyclic) bond motifs is 1. The van der Waals surface area contributed by atoms with E-state index >= 15 is 0 Å². The van der Waals surface area contributed by atoms with E-state index in [1.165, 1.54) is 43.7 Å². The van der Waals surface area contributed by atoms with Gasteiger partial charge < -0.3 is 10.2 Å². The normalized spacial score (nSPS) is 17.9. The summed E-state index contributed by atoms with van der Waals surface area (Å²) in [7, 11) is 2.23. The number of thiazole rings is 1. The predicted molar refractivity (Wildman–Crippen MR) is 89.1 cm³/mol. The molecule has 0 radical (unpaired) electrons. The molecule has 0 aliphatic carbocycles. The van der Waals surface area contributed by atoms with Crippen LogP contribution >= 0.6 is 11.3 Å². The number of aryl methyl sites for hydroxylation is 2. The van der Waals surface area contributed by atoms with Gasteiger partial charge in [-0.1, -0.05) is 0 Å². The van der Waals surface area contributed by atoms with E-state index in [4.69, 9.17) is 0 Å². The molecule has 2 aromatic rings. The minimum atomic E-state index is 0.906. The molecule has 4 nitrogen and oxygen atoms in total. The second-order valence-electron chi connectivity index (χ2n) is 6.35. The van der Waals surface area contributed by atoms with Gasteiger partial charge in [0.2, 0.25) is 0 Å². The average molecular weight is 306 g/mol. The maximum atomic E-state index is 4.65. The molecular weight excluding hydrogens is 280 g/mol. The number of aromatic nitrogens is 2. The Morgan fingerprint density at radius 1 is 1.33 bits per heavy atom. The maximum Gasteiger partial charge on any atom is 0.194 e. The molecule has 0 spiro atoms. The molecule has 3 heterocycles. The topological polar surface area (TPSA) is 32.6 Å². The highest BCUT2D eigenvalue weighted by molar-refractivity contribution is 7.15. The Hall–Kier alpha value is -0.910. The number of nitrogens with zero attached hydrogens (tertiary/aromatic N) is 3. The number of imidazole rings is 1. The van der Waals surface area contributed by atoms with Crippen LogP contribution in [0.15, 0.2) is 5.38 Å². The van der Waals surface area contributed by atoms with Crippen LogP contribution in [0, 0.1) is 19.8 Å². The van der Waals surface area contributed by atoms with Crippen LogP contribution in [-0.4, -0.2) is 41.0 Å². The van der Waals surface area contributed by atoms with Crippen LogP contribution in [0.2, 0.25) is 0 Å². The van der Waals surface area contributed by atoms with Crippen molar-refractivity contribution in [2.45, 2.75) is 39.7 Å². The van der Waals surface area contributed by atoms with Gasteiger partial charge in [0.15, 0.2) is 4.96 Å². The third-order valence-electron chi connectivity index (χ3n) is 4.69. The highest BCUT2D eigenvalue weighted by atomic mass is 32.1. The summed E-state index contributed by atoms with van der Waals surface area (Å²) in [6, 6.07) is 0. The molecule has 5 heteroatoms. The highest BCUT2D eigenvalue weighted by Gasteiger charge is 2.16. The fourth-order valence-electron chi connectivity index (χ4n) is 3.24. The lowest BCUT2D eigenvalue weighted by molar-refractivity contribution is 0.211. The summed E-state index contributed by atoms with van der Waals surface area (Å²) in [4.78, 5) is 8.21. The molecule has 1 aliphatic rings. The van der Waals surface area contributed by atoms with Crippen LogP contribution in [0.4, 0.5) is 0 Å². The molecular formula is C16H26N4S. The minimum Gasteiger partial charge on any atom is -0.311 e. The van der Waals surface area contributed by atoms with E-state index in [9.17, 15) is 0 Å². The maximum absolute atomic E-state index is 4.65. The SMILES string of the molecule is Cc1nc2scc(C)n2c1CNCCC1CCN(C)CC1. The lowest BCUT2D eigenvalue weighted by atomic mass is 9.94. The number of rotatable bonds is 5. The molecule has 1 saturated heterocycles. The molecule has 0 aromatic carbocycles. The summed E-state index contributed by atoms with van der Waals surface area (Å²) in [5.41, 5.74) is 3.78. The lowest BCUT2D eigenvalue weighted by Crippen LogP contribution is -2.31. The van der Waals surface area contributed by atoms with Crippen LogP contribution in [0.5, 0.6) is 0 Å². The first-order valence-electron chi connectivity index (χ1n) is 7.96. The molecule has 0 unspecified atom stereocenters. The molecule has 3 rings (SSSR count). The van der Waals surface area contributed by atoms with E-state index in [1.807, 2.05) is 0 Å². The van der Waals surface area contributed by atoms with E-state index in [0.29, 0.717) is 0 Å². The Bertz CT molecular complexity index is 593. The molecule has 1 N–H and O–H groups in total. The van der Waals surface area contributed by atoms with Gasteiger partial charge in [-0.15, -0.1) is 11.3 Å². The van der Waals surface area contributed by atoms with Crippen molar-refractivity contribution in [3.8, 4) is 0 Å². The molecule has 1 fully saturated rings. The summed E-state index contributed by atoms with van der Waals surface area (Å²) in [5.74, 6) is 0.906. The first kappa shape index (κ1) is 15.0. The first-order chi connectivity index (χ1) is 10.1. The zero-order valence-corrected chi connectivity index (χ0v) is 14.2. The number of likely N-dealkylation sites (tertiary alicyclic amines) is 1. The van der Waals surface area contributed by atoms with Crippen molar-refractivity contribution in [2.75, 3.05) is 26.7 Å². The fraction of sp³-hybridized carbons (Fsp3) is 0.688. The largest absolute Gasteiger partial charge is 0.311 e. The van der Waals surface area contributed by atoms with E-state index < -0.39 is 0 Å². The van der Waals surface area contributed by atoms with Crippen LogP contribution in [-0.2, 0) is 6.54 Å². The van der Waals surface area contributed by atoms with Crippen LogP contribution in [0.25, 0.3) is 4.96 Å². The van der Waals surface area contributed by atoms with Crippen LogP contribution in [0.1, 0.15) is 36.3 Å². The third-order valence-corrected chi connectivity index (χ3v) is 5.63. The molecule has 0 saturated carbocycles. The van der Waals surface area contributed by atoms with Crippen molar-refractivity contribution in [1.29, 1.82) is 0 Å². The fourth-order valence-corrected chi connectivity index (χ4v) is 4.17. The van der Waals surface area contributed by atoms with E-state index in [0.717, 1.165) is 29.7 Å². The zero-order chi connectivity index (χ0) is 14.8. The van der Waals surface area contributed by atoms with Gasteiger partial charge in [-0.25, -0.2) is 4.98 Å². The standard InChI is InChI=1S/C16H26N4S/c1-12-11-21-16-18-13(2)15(20(12)16)10-17-7-4-14-5-8-19(3)9-6-14/h11,14,17H,4-10H2,1-3H3. The summed E-state index contributed by atoms with van der Waals surface area (Å²) < 4.78 is 2.29. The molecule has 116 valence electrons. The summed E-state index contributed by atoms with van der Waals surface area (Å²) in [6.45, 7) is 8.85.